The minimum Gasteiger partial charge on any atom is -0.396 e. The minimum absolute atomic E-state index is 0.0251. The minimum atomic E-state index is 0.0251. The van der Waals surface area contributed by atoms with Gasteiger partial charge in [0.1, 0.15) is 0 Å². The molecule has 0 aliphatic heterocycles. The first-order valence-electron chi connectivity index (χ1n) is 6.58. The van der Waals surface area contributed by atoms with Gasteiger partial charge in [-0.3, -0.25) is 4.79 Å². The number of carbonyl (C=O) groups excluding carboxylic acids is 1. The van der Waals surface area contributed by atoms with Gasteiger partial charge in [-0.25, -0.2) is 0 Å². The molecule has 0 radical (unpaired) electrons. The molecule has 1 unspecified atom stereocenters. The van der Waals surface area contributed by atoms with E-state index in [9.17, 15) is 9.90 Å². The molecule has 0 heterocycles. The van der Waals surface area contributed by atoms with E-state index in [4.69, 9.17) is 0 Å². The number of rotatable bonds is 4. The van der Waals surface area contributed by atoms with Gasteiger partial charge < -0.3 is 10.4 Å². The largest absolute Gasteiger partial charge is 0.396 e. The average molecular weight is 223 g/mol. The lowest BCUT2D eigenvalue weighted by Gasteiger charge is -2.40. The van der Waals surface area contributed by atoms with Crippen molar-refractivity contribution in [3.63, 3.8) is 0 Å². The summed E-state index contributed by atoms with van der Waals surface area (Å²) in [6, 6.07) is 0. The van der Waals surface area contributed by atoms with E-state index in [0.29, 0.717) is 17.9 Å². The maximum absolute atomic E-state index is 11.9. The molecule has 3 nitrogen and oxygen atoms in total. The van der Waals surface area contributed by atoms with Gasteiger partial charge >= 0.3 is 0 Å². The SMILES string of the molecule is O=C(NCC1(CO)CCC1)C1CC12CCC2. The third-order valence-corrected chi connectivity index (χ3v) is 5.24. The summed E-state index contributed by atoms with van der Waals surface area (Å²) in [4.78, 5) is 11.9. The van der Waals surface area contributed by atoms with Crippen LogP contribution in [0.4, 0.5) is 0 Å². The standard InChI is InChI=1S/C13H21NO2/c15-9-12(3-1-4-12)8-14-11(16)10-7-13(10)5-2-6-13/h10,15H,1-9H2,(H,14,16). The Labute approximate surface area is 96.6 Å². The van der Waals surface area contributed by atoms with Gasteiger partial charge in [0.25, 0.3) is 0 Å². The van der Waals surface area contributed by atoms with E-state index in [2.05, 4.69) is 5.32 Å². The average Bonchev–Trinajstić information content (AvgIpc) is 2.91. The Bertz CT molecular complexity index is 300. The summed E-state index contributed by atoms with van der Waals surface area (Å²) in [6.07, 6.45) is 8.28. The first kappa shape index (κ1) is 10.6. The van der Waals surface area contributed by atoms with Crippen molar-refractivity contribution < 1.29 is 9.90 Å². The molecule has 0 bridgehead atoms. The molecular formula is C13H21NO2. The Kier molecular flexibility index (Phi) is 2.29. The molecular weight excluding hydrogens is 202 g/mol. The van der Waals surface area contributed by atoms with E-state index in [1.54, 1.807) is 0 Å². The molecule has 0 aromatic heterocycles. The van der Waals surface area contributed by atoms with Crippen molar-refractivity contribution in [3.8, 4) is 0 Å². The number of aliphatic hydroxyl groups excluding tert-OH is 1. The smallest absolute Gasteiger partial charge is 0.223 e. The van der Waals surface area contributed by atoms with E-state index in [1.807, 2.05) is 0 Å². The number of nitrogens with one attached hydrogen (secondary N) is 1. The molecule has 3 saturated carbocycles. The van der Waals surface area contributed by atoms with Crippen molar-refractivity contribution in [1.29, 1.82) is 0 Å². The summed E-state index contributed by atoms with van der Waals surface area (Å²) in [7, 11) is 0. The van der Waals surface area contributed by atoms with Crippen molar-refractivity contribution >= 4 is 5.91 Å². The van der Waals surface area contributed by atoms with Crippen LogP contribution in [0.2, 0.25) is 0 Å². The normalized spacial score (nSPS) is 32.7. The van der Waals surface area contributed by atoms with Gasteiger partial charge in [0.2, 0.25) is 5.91 Å². The lowest BCUT2D eigenvalue weighted by atomic mass is 9.69. The lowest BCUT2D eigenvalue weighted by molar-refractivity contribution is -0.124. The third kappa shape index (κ3) is 1.48. The number of carbonyl (C=O) groups is 1. The molecule has 0 aromatic carbocycles. The zero-order valence-electron chi connectivity index (χ0n) is 9.80. The van der Waals surface area contributed by atoms with Crippen molar-refractivity contribution in [2.24, 2.45) is 16.7 Å². The number of aliphatic hydroxyl groups is 1. The predicted octanol–water partition coefficient (Wildman–Crippen LogP) is 1.46. The van der Waals surface area contributed by atoms with Crippen LogP contribution < -0.4 is 5.32 Å². The highest BCUT2D eigenvalue weighted by atomic mass is 16.3. The van der Waals surface area contributed by atoms with Crippen molar-refractivity contribution in [2.45, 2.75) is 44.9 Å². The van der Waals surface area contributed by atoms with Crippen molar-refractivity contribution in [2.75, 3.05) is 13.2 Å². The summed E-state index contributed by atoms with van der Waals surface area (Å²) in [5.41, 5.74) is 0.452. The van der Waals surface area contributed by atoms with E-state index >= 15 is 0 Å². The van der Waals surface area contributed by atoms with E-state index in [-0.39, 0.29) is 17.9 Å². The fourth-order valence-corrected chi connectivity index (χ4v) is 3.37. The van der Waals surface area contributed by atoms with Crippen molar-refractivity contribution in [1.82, 2.24) is 5.32 Å². The molecule has 1 amide bonds. The zero-order valence-corrected chi connectivity index (χ0v) is 9.80. The van der Waals surface area contributed by atoms with Gasteiger partial charge in [0, 0.05) is 17.9 Å². The second kappa shape index (κ2) is 3.46. The van der Waals surface area contributed by atoms with Gasteiger partial charge in [-0.05, 0) is 37.5 Å². The van der Waals surface area contributed by atoms with Gasteiger partial charge in [0.05, 0.1) is 6.61 Å². The second-order valence-electron chi connectivity index (χ2n) is 6.20. The van der Waals surface area contributed by atoms with E-state index in [0.717, 1.165) is 19.3 Å². The second-order valence-corrected chi connectivity index (χ2v) is 6.20. The van der Waals surface area contributed by atoms with Crippen LogP contribution in [0.15, 0.2) is 0 Å². The molecule has 3 rings (SSSR count). The molecule has 16 heavy (non-hydrogen) atoms. The Morgan fingerprint density at radius 3 is 2.31 bits per heavy atom. The van der Waals surface area contributed by atoms with E-state index < -0.39 is 0 Å². The maximum Gasteiger partial charge on any atom is 0.223 e. The molecule has 1 atom stereocenters. The molecule has 3 aliphatic carbocycles. The summed E-state index contributed by atoms with van der Waals surface area (Å²) < 4.78 is 0. The summed E-state index contributed by atoms with van der Waals surface area (Å²) in [5, 5.41) is 12.4. The first-order valence-corrected chi connectivity index (χ1v) is 6.58. The van der Waals surface area contributed by atoms with Gasteiger partial charge in [-0.2, -0.15) is 0 Å². The zero-order chi connectivity index (χ0) is 11.2. The number of amides is 1. The molecule has 3 heteroatoms. The Morgan fingerprint density at radius 1 is 1.25 bits per heavy atom. The Hall–Kier alpha value is -0.570. The van der Waals surface area contributed by atoms with E-state index in [1.165, 1.54) is 25.7 Å². The quantitative estimate of drug-likeness (QED) is 0.758. The van der Waals surface area contributed by atoms with Crippen LogP contribution in [0.1, 0.15) is 44.9 Å². The number of hydrogen-bond acceptors (Lipinski definition) is 2. The van der Waals surface area contributed by atoms with Crippen LogP contribution in [-0.2, 0) is 4.79 Å². The summed E-state index contributed by atoms with van der Waals surface area (Å²) in [6.45, 7) is 0.915. The highest BCUT2D eigenvalue weighted by Gasteiger charge is 2.60. The van der Waals surface area contributed by atoms with Crippen LogP contribution in [0.5, 0.6) is 0 Å². The van der Waals surface area contributed by atoms with Gasteiger partial charge in [-0.1, -0.05) is 12.8 Å². The highest BCUT2D eigenvalue weighted by molar-refractivity contribution is 5.82. The first-order chi connectivity index (χ1) is 7.70. The van der Waals surface area contributed by atoms with Crippen LogP contribution >= 0.6 is 0 Å². The molecule has 2 N–H and O–H groups in total. The highest BCUT2D eigenvalue weighted by Crippen LogP contribution is 2.65. The van der Waals surface area contributed by atoms with Crippen LogP contribution in [-0.4, -0.2) is 24.2 Å². The van der Waals surface area contributed by atoms with Crippen LogP contribution in [0.25, 0.3) is 0 Å². The topological polar surface area (TPSA) is 49.3 Å². The molecule has 3 aliphatic rings. The Balaban J connectivity index is 1.47. The fourth-order valence-electron chi connectivity index (χ4n) is 3.37. The molecule has 0 saturated heterocycles. The van der Waals surface area contributed by atoms with Gasteiger partial charge in [0.15, 0.2) is 0 Å². The Morgan fingerprint density at radius 2 is 1.94 bits per heavy atom. The summed E-state index contributed by atoms with van der Waals surface area (Å²) >= 11 is 0. The summed E-state index contributed by atoms with van der Waals surface area (Å²) in [5.74, 6) is 0.552. The molecule has 3 fully saturated rings. The van der Waals surface area contributed by atoms with Crippen molar-refractivity contribution in [3.05, 3.63) is 0 Å². The molecule has 90 valence electrons. The van der Waals surface area contributed by atoms with Crippen LogP contribution in [0.3, 0.4) is 0 Å². The van der Waals surface area contributed by atoms with Gasteiger partial charge in [-0.15, -0.1) is 0 Å². The lowest BCUT2D eigenvalue weighted by Crippen LogP contribution is -2.45. The maximum atomic E-state index is 11.9. The fraction of sp³-hybridized carbons (Fsp3) is 0.923. The molecule has 1 spiro atoms. The van der Waals surface area contributed by atoms with Crippen LogP contribution in [0, 0.1) is 16.7 Å². The molecule has 0 aromatic rings. The number of hydrogen-bond donors (Lipinski definition) is 2. The monoisotopic (exact) mass is 223 g/mol. The predicted molar refractivity (Wildman–Crippen MR) is 60.8 cm³/mol. The third-order valence-electron chi connectivity index (χ3n) is 5.24.